The number of rotatable bonds is 8. The maximum absolute atomic E-state index is 13.7. The van der Waals surface area contributed by atoms with Crippen LogP contribution in [0.1, 0.15) is 24.4 Å². The lowest BCUT2D eigenvalue weighted by Gasteiger charge is -2.32. The molecule has 4 heterocycles. The van der Waals surface area contributed by atoms with E-state index in [1.54, 1.807) is 46.7 Å². The second-order valence-electron chi connectivity index (χ2n) is 8.92. The summed E-state index contributed by atoms with van der Waals surface area (Å²) in [5.74, 6) is 1.85. The number of hydrogen-bond acceptors (Lipinski definition) is 10. The lowest BCUT2D eigenvalue weighted by atomic mass is 10.1. The summed E-state index contributed by atoms with van der Waals surface area (Å²) in [6, 6.07) is 8.80. The Hall–Kier alpha value is -4.00. The highest BCUT2D eigenvalue weighted by atomic mass is 32.2. The molecule has 0 N–H and O–H groups in total. The van der Waals surface area contributed by atoms with Crippen molar-refractivity contribution in [1.29, 1.82) is 0 Å². The Morgan fingerprint density at radius 3 is 2.42 bits per heavy atom. The zero-order chi connectivity index (χ0) is 26.9. The van der Waals surface area contributed by atoms with Crippen molar-refractivity contribution in [1.82, 2.24) is 24.7 Å². The number of benzene rings is 1. The van der Waals surface area contributed by atoms with Crippen LogP contribution in [0.25, 0.3) is 17.3 Å². The summed E-state index contributed by atoms with van der Waals surface area (Å²) in [4.78, 5) is 9.79. The van der Waals surface area contributed by atoms with E-state index in [0.717, 1.165) is 12.4 Å². The standard InChI is InChI=1S/C25H27FN6O5S/c1-16-9-10-21(37-16)24-30-29-22(32(24)23-19(35-2)7-4-8-20(23)36-3)15-38(33,34)18-6-5-11-31(14-18)25-27-12-17(26)13-28-25/h4,7-10,12-13,18H,5-6,11,14-15H2,1-3H3/t18-/m0/s1. The number of methoxy groups -OCH3 is 2. The van der Waals surface area contributed by atoms with Crippen LogP contribution in [0.2, 0.25) is 0 Å². The molecule has 11 nitrogen and oxygen atoms in total. The number of ether oxygens (including phenoxy) is 2. The van der Waals surface area contributed by atoms with E-state index in [2.05, 4.69) is 20.2 Å². The quantitative estimate of drug-likeness (QED) is 0.327. The predicted octanol–water partition coefficient (Wildman–Crippen LogP) is 3.37. The van der Waals surface area contributed by atoms with Gasteiger partial charge in [0.05, 0.1) is 31.9 Å². The average Bonchev–Trinajstić information content (AvgIpc) is 3.54. The SMILES string of the molecule is COc1cccc(OC)c1-n1c(CS(=O)(=O)[C@H]2CCCN(c3ncc(F)cn3)C2)nnc1-c1ccc(C)o1. The molecule has 38 heavy (non-hydrogen) atoms. The maximum atomic E-state index is 13.7. The highest BCUT2D eigenvalue weighted by molar-refractivity contribution is 7.91. The van der Waals surface area contributed by atoms with Gasteiger partial charge in [-0.05, 0) is 44.0 Å². The van der Waals surface area contributed by atoms with Crippen LogP contribution in [0, 0.1) is 12.7 Å². The van der Waals surface area contributed by atoms with E-state index in [9.17, 15) is 12.8 Å². The van der Waals surface area contributed by atoms with Gasteiger partial charge in [-0.25, -0.2) is 22.8 Å². The summed E-state index contributed by atoms with van der Waals surface area (Å²) in [5, 5.41) is 7.88. The first-order valence-corrected chi connectivity index (χ1v) is 13.7. The predicted molar refractivity (Wildman–Crippen MR) is 137 cm³/mol. The second-order valence-corrected chi connectivity index (χ2v) is 11.2. The Morgan fingerprint density at radius 1 is 1.08 bits per heavy atom. The van der Waals surface area contributed by atoms with Gasteiger partial charge in [0, 0.05) is 13.1 Å². The molecule has 1 aromatic carbocycles. The molecule has 4 aromatic rings. The van der Waals surface area contributed by atoms with Gasteiger partial charge in [-0.15, -0.1) is 10.2 Å². The van der Waals surface area contributed by atoms with Gasteiger partial charge >= 0.3 is 0 Å². The number of aryl methyl sites for hydroxylation is 1. The second kappa shape index (κ2) is 10.4. The van der Waals surface area contributed by atoms with Crippen LogP contribution in [-0.4, -0.2) is 65.7 Å². The fourth-order valence-electron chi connectivity index (χ4n) is 4.59. The summed E-state index contributed by atoms with van der Waals surface area (Å²) >= 11 is 0. The van der Waals surface area contributed by atoms with Crippen LogP contribution in [0.4, 0.5) is 10.3 Å². The molecule has 13 heteroatoms. The molecule has 1 aliphatic heterocycles. The van der Waals surface area contributed by atoms with Gasteiger partial charge in [0.15, 0.2) is 27.2 Å². The Labute approximate surface area is 219 Å². The van der Waals surface area contributed by atoms with Gasteiger partial charge in [-0.3, -0.25) is 4.57 Å². The number of anilines is 1. The Balaban J connectivity index is 1.54. The summed E-state index contributed by atoms with van der Waals surface area (Å²) in [7, 11) is -0.690. The number of halogens is 1. The van der Waals surface area contributed by atoms with Crippen molar-refractivity contribution in [3.63, 3.8) is 0 Å². The molecule has 1 atom stereocenters. The number of para-hydroxylation sites is 1. The normalized spacial score (nSPS) is 16.0. The number of hydrogen-bond donors (Lipinski definition) is 0. The first-order chi connectivity index (χ1) is 18.3. The zero-order valence-electron chi connectivity index (χ0n) is 21.2. The Bertz CT molecular complexity index is 1510. The maximum Gasteiger partial charge on any atom is 0.225 e. The lowest BCUT2D eigenvalue weighted by Crippen LogP contribution is -2.43. The summed E-state index contributed by atoms with van der Waals surface area (Å²) < 4.78 is 59.4. The fourth-order valence-corrected chi connectivity index (χ4v) is 6.31. The van der Waals surface area contributed by atoms with E-state index >= 15 is 0 Å². The highest BCUT2D eigenvalue weighted by Gasteiger charge is 2.34. The van der Waals surface area contributed by atoms with Crippen LogP contribution < -0.4 is 14.4 Å². The molecular weight excluding hydrogens is 515 g/mol. The molecule has 0 amide bonds. The first kappa shape index (κ1) is 25.6. The minimum atomic E-state index is -3.73. The van der Waals surface area contributed by atoms with Crippen LogP contribution >= 0.6 is 0 Å². The zero-order valence-corrected chi connectivity index (χ0v) is 22.0. The molecule has 0 saturated carbocycles. The minimum absolute atomic E-state index is 0.185. The summed E-state index contributed by atoms with van der Waals surface area (Å²) in [6.07, 6.45) is 3.23. The third-order valence-electron chi connectivity index (χ3n) is 6.42. The fraction of sp³-hybridized carbons (Fsp3) is 0.360. The highest BCUT2D eigenvalue weighted by Crippen LogP contribution is 2.37. The van der Waals surface area contributed by atoms with E-state index in [-0.39, 0.29) is 18.1 Å². The minimum Gasteiger partial charge on any atom is -0.494 e. The molecule has 5 rings (SSSR count). The third-order valence-corrected chi connectivity index (χ3v) is 8.48. The molecule has 200 valence electrons. The summed E-state index contributed by atoms with van der Waals surface area (Å²) in [5.41, 5.74) is 0.460. The van der Waals surface area contributed by atoms with Crippen LogP contribution in [0.3, 0.4) is 0 Å². The van der Waals surface area contributed by atoms with Crippen molar-refractivity contribution in [2.45, 2.75) is 30.8 Å². The van der Waals surface area contributed by atoms with Gasteiger partial charge < -0.3 is 18.8 Å². The Kier molecular flexibility index (Phi) is 7.02. The topological polar surface area (TPSA) is 125 Å². The van der Waals surface area contributed by atoms with E-state index < -0.39 is 20.9 Å². The van der Waals surface area contributed by atoms with Crippen molar-refractivity contribution in [2.75, 3.05) is 32.2 Å². The van der Waals surface area contributed by atoms with Crippen LogP contribution in [0.5, 0.6) is 11.5 Å². The molecule has 1 aliphatic rings. The van der Waals surface area contributed by atoms with E-state index in [1.807, 2.05) is 0 Å². The van der Waals surface area contributed by atoms with Crippen molar-refractivity contribution >= 4 is 15.8 Å². The van der Waals surface area contributed by atoms with Crippen molar-refractivity contribution < 1.29 is 26.7 Å². The molecule has 0 aliphatic carbocycles. The molecule has 3 aromatic heterocycles. The Morgan fingerprint density at radius 2 is 1.79 bits per heavy atom. The molecular formula is C25H27FN6O5S. The van der Waals surface area contributed by atoms with Crippen LogP contribution in [0.15, 0.2) is 47.1 Å². The first-order valence-electron chi connectivity index (χ1n) is 12.0. The smallest absolute Gasteiger partial charge is 0.225 e. The molecule has 1 fully saturated rings. The number of nitrogens with zero attached hydrogens (tertiary/aromatic N) is 6. The molecule has 0 bridgehead atoms. The monoisotopic (exact) mass is 542 g/mol. The molecule has 1 saturated heterocycles. The number of aromatic nitrogens is 5. The third kappa shape index (κ3) is 4.93. The number of furan rings is 1. The largest absolute Gasteiger partial charge is 0.494 e. The molecule has 0 radical (unpaired) electrons. The van der Waals surface area contributed by atoms with Gasteiger partial charge in [-0.2, -0.15) is 0 Å². The van der Waals surface area contributed by atoms with Crippen molar-refractivity contribution in [2.24, 2.45) is 0 Å². The van der Waals surface area contributed by atoms with Crippen molar-refractivity contribution in [3.8, 4) is 28.8 Å². The van der Waals surface area contributed by atoms with Gasteiger partial charge in [0.25, 0.3) is 0 Å². The van der Waals surface area contributed by atoms with E-state index in [1.165, 1.54) is 14.2 Å². The van der Waals surface area contributed by atoms with Crippen molar-refractivity contribution in [3.05, 3.63) is 60.1 Å². The van der Waals surface area contributed by atoms with Gasteiger partial charge in [0.2, 0.25) is 11.8 Å². The van der Waals surface area contributed by atoms with Crippen LogP contribution in [-0.2, 0) is 15.6 Å². The van der Waals surface area contributed by atoms with Gasteiger partial charge in [-0.1, -0.05) is 6.07 Å². The van der Waals surface area contributed by atoms with Gasteiger partial charge in [0.1, 0.15) is 28.7 Å². The average molecular weight is 543 g/mol. The summed E-state index contributed by atoms with van der Waals surface area (Å²) in [6.45, 7) is 2.57. The number of piperidine rings is 1. The van der Waals surface area contributed by atoms with E-state index in [0.29, 0.717) is 59.9 Å². The van der Waals surface area contributed by atoms with E-state index in [4.69, 9.17) is 13.9 Å². The molecule has 0 unspecified atom stereocenters. The lowest BCUT2D eigenvalue weighted by molar-refractivity contribution is 0.390. The number of sulfone groups is 1. The molecule has 0 spiro atoms.